The maximum atomic E-state index is 4.91. The second-order valence-electron chi connectivity index (χ2n) is 6.21. The van der Waals surface area contributed by atoms with E-state index >= 15 is 0 Å². The molecule has 0 aromatic carbocycles. The van der Waals surface area contributed by atoms with Gasteiger partial charge in [0.05, 0.1) is 5.39 Å². The zero-order chi connectivity index (χ0) is 14.8. The molecule has 21 heavy (non-hydrogen) atoms. The zero-order valence-corrected chi connectivity index (χ0v) is 14.1. The monoisotopic (exact) mass is 303 g/mol. The number of hydrogen-bond donors (Lipinski definition) is 1. The Bertz CT molecular complexity index is 620. The highest BCUT2D eigenvalue weighted by molar-refractivity contribution is 7.18. The van der Waals surface area contributed by atoms with Gasteiger partial charge in [0.2, 0.25) is 0 Å². The van der Waals surface area contributed by atoms with Crippen LogP contribution < -0.4 is 5.32 Å². The summed E-state index contributed by atoms with van der Waals surface area (Å²) in [5.41, 5.74) is 0. The maximum Gasteiger partial charge on any atom is 0.138 e. The minimum absolute atomic E-state index is 0.544. The topological polar surface area (TPSA) is 37.8 Å². The van der Waals surface area contributed by atoms with Gasteiger partial charge in [0, 0.05) is 17.3 Å². The minimum atomic E-state index is 0.544. The van der Waals surface area contributed by atoms with Gasteiger partial charge in [-0.05, 0) is 38.2 Å². The molecule has 2 aromatic heterocycles. The molecule has 0 amide bonds. The van der Waals surface area contributed by atoms with Gasteiger partial charge in [-0.25, -0.2) is 9.97 Å². The van der Waals surface area contributed by atoms with Crippen LogP contribution in [0.4, 0.5) is 5.82 Å². The van der Waals surface area contributed by atoms with Gasteiger partial charge in [-0.3, -0.25) is 0 Å². The van der Waals surface area contributed by atoms with Gasteiger partial charge in [0.25, 0.3) is 0 Å². The Morgan fingerprint density at radius 1 is 1.29 bits per heavy atom. The van der Waals surface area contributed by atoms with E-state index in [1.165, 1.54) is 35.9 Å². The third-order valence-electron chi connectivity index (χ3n) is 4.46. The van der Waals surface area contributed by atoms with Crippen molar-refractivity contribution in [1.82, 2.24) is 9.97 Å². The lowest BCUT2D eigenvalue weighted by molar-refractivity contribution is 0.336. The van der Waals surface area contributed by atoms with E-state index in [2.05, 4.69) is 32.2 Å². The Morgan fingerprint density at radius 3 is 2.86 bits per heavy atom. The number of nitrogens with zero attached hydrogens (tertiary/aromatic N) is 2. The lowest BCUT2D eigenvalue weighted by atomic mass is 9.82. The van der Waals surface area contributed by atoms with Crippen LogP contribution >= 0.6 is 11.3 Å². The molecule has 1 fully saturated rings. The smallest absolute Gasteiger partial charge is 0.138 e. The fourth-order valence-electron chi connectivity index (χ4n) is 3.32. The SMILES string of the molecule is CCNc1nc(C2CCCC(C)C2)nc2sc(CC)cc12. The lowest BCUT2D eigenvalue weighted by Gasteiger charge is -2.25. The molecule has 0 spiro atoms. The van der Waals surface area contributed by atoms with Crippen LogP contribution in [0.15, 0.2) is 6.07 Å². The van der Waals surface area contributed by atoms with Crippen molar-refractivity contribution in [2.45, 2.75) is 58.8 Å². The predicted molar refractivity (Wildman–Crippen MR) is 91.3 cm³/mol. The first-order valence-corrected chi connectivity index (χ1v) is 9.07. The average molecular weight is 303 g/mol. The number of rotatable bonds is 4. The van der Waals surface area contributed by atoms with Gasteiger partial charge in [-0.2, -0.15) is 0 Å². The number of anilines is 1. The largest absolute Gasteiger partial charge is 0.370 e. The number of nitrogens with one attached hydrogen (secondary N) is 1. The molecule has 3 nitrogen and oxygen atoms in total. The molecule has 1 saturated carbocycles. The molecule has 0 bridgehead atoms. The molecule has 2 heterocycles. The van der Waals surface area contributed by atoms with Crippen LogP contribution in [0.5, 0.6) is 0 Å². The molecule has 0 radical (unpaired) electrons. The van der Waals surface area contributed by atoms with E-state index in [1.807, 2.05) is 11.3 Å². The highest BCUT2D eigenvalue weighted by atomic mass is 32.1. The van der Waals surface area contributed by atoms with Gasteiger partial charge in [0.15, 0.2) is 0 Å². The van der Waals surface area contributed by atoms with Crippen LogP contribution in [-0.4, -0.2) is 16.5 Å². The van der Waals surface area contributed by atoms with Crippen molar-refractivity contribution in [3.05, 3.63) is 16.8 Å². The van der Waals surface area contributed by atoms with E-state index in [1.54, 1.807) is 0 Å². The highest BCUT2D eigenvalue weighted by Crippen LogP contribution is 2.37. The van der Waals surface area contributed by atoms with Crippen LogP contribution in [-0.2, 0) is 6.42 Å². The van der Waals surface area contributed by atoms with Crippen LogP contribution in [0.3, 0.4) is 0 Å². The van der Waals surface area contributed by atoms with Crippen molar-refractivity contribution < 1.29 is 0 Å². The third-order valence-corrected chi connectivity index (χ3v) is 5.63. The first-order valence-electron chi connectivity index (χ1n) is 8.25. The molecule has 2 aromatic rings. The van der Waals surface area contributed by atoms with Gasteiger partial charge in [0.1, 0.15) is 16.5 Å². The first-order chi connectivity index (χ1) is 10.2. The van der Waals surface area contributed by atoms with Crippen LogP contribution in [0, 0.1) is 5.92 Å². The lowest BCUT2D eigenvalue weighted by Crippen LogP contribution is -2.15. The van der Waals surface area contributed by atoms with Crippen LogP contribution in [0.2, 0.25) is 0 Å². The number of aromatic nitrogens is 2. The molecular weight excluding hydrogens is 278 g/mol. The quantitative estimate of drug-likeness (QED) is 0.865. The summed E-state index contributed by atoms with van der Waals surface area (Å²) in [6.45, 7) is 7.60. The number of hydrogen-bond acceptors (Lipinski definition) is 4. The average Bonchev–Trinajstić information content (AvgIpc) is 2.91. The Labute approximate surface area is 131 Å². The van der Waals surface area contributed by atoms with Gasteiger partial charge >= 0.3 is 0 Å². The minimum Gasteiger partial charge on any atom is -0.370 e. The van der Waals surface area contributed by atoms with Crippen LogP contribution in [0.1, 0.15) is 63.1 Å². The molecule has 3 rings (SSSR count). The summed E-state index contributed by atoms with van der Waals surface area (Å²) in [5.74, 6) is 3.45. The van der Waals surface area contributed by atoms with E-state index in [4.69, 9.17) is 9.97 Å². The zero-order valence-electron chi connectivity index (χ0n) is 13.3. The predicted octanol–water partition coefficient (Wildman–Crippen LogP) is 4.98. The number of fused-ring (bicyclic) bond motifs is 1. The van der Waals surface area contributed by atoms with Crippen molar-refractivity contribution in [2.75, 3.05) is 11.9 Å². The van der Waals surface area contributed by atoms with Gasteiger partial charge in [-0.1, -0.05) is 26.7 Å². The summed E-state index contributed by atoms with van der Waals surface area (Å²) in [4.78, 5) is 12.3. The molecule has 114 valence electrons. The second kappa shape index (κ2) is 6.30. The van der Waals surface area contributed by atoms with Gasteiger partial charge in [-0.15, -0.1) is 11.3 Å². The first kappa shape index (κ1) is 14.8. The second-order valence-corrected chi connectivity index (χ2v) is 7.33. The molecule has 1 aliphatic carbocycles. The fourth-order valence-corrected chi connectivity index (χ4v) is 4.29. The summed E-state index contributed by atoms with van der Waals surface area (Å²) in [5, 5.41) is 4.63. The maximum absolute atomic E-state index is 4.91. The van der Waals surface area contributed by atoms with Crippen LogP contribution in [0.25, 0.3) is 10.2 Å². The molecule has 2 atom stereocenters. The van der Waals surface area contributed by atoms with E-state index in [9.17, 15) is 0 Å². The highest BCUT2D eigenvalue weighted by Gasteiger charge is 2.24. The van der Waals surface area contributed by atoms with E-state index in [-0.39, 0.29) is 0 Å². The Hall–Kier alpha value is -1.16. The molecule has 1 aliphatic rings. The van der Waals surface area contributed by atoms with Crippen molar-refractivity contribution in [1.29, 1.82) is 0 Å². The normalized spacial score (nSPS) is 22.6. The standard InChI is InChI=1S/C17H25N3S/c1-4-13-10-14-16(18-5-2)19-15(20-17(14)21-13)12-8-6-7-11(3)9-12/h10-12H,4-9H2,1-3H3,(H,18,19,20). The molecule has 0 aliphatic heterocycles. The summed E-state index contributed by atoms with van der Waals surface area (Å²) in [6, 6.07) is 2.26. The van der Waals surface area contributed by atoms with E-state index in [0.717, 1.165) is 35.4 Å². The fraction of sp³-hybridized carbons (Fsp3) is 0.647. The van der Waals surface area contributed by atoms with Gasteiger partial charge < -0.3 is 5.32 Å². The van der Waals surface area contributed by atoms with Crippen molar-refractivity contribution in [3.8, 4) is 0 Å². The molecule has 4 heteroatoms. The summed E-state index contributed by atoms with van der Waals surface area (Å²) in [6.07, 6.45) is 6.23. The third kappa shape index (κ3) is 3.05. The Morgan fingerprint density at radius 2 is 2.14 bits per heavy atom. The van der Waals surface area contributed by atoms with Crippen molar-refractivity contribution >= 4 is 27.4 Å². The summed E-state index contributed by atoms with van der Waals surface area (Å²) in [7, 11) is 0. The van der Waals surface area contributed by atoms with E-state index in [0.29, 0.717) is 5.92 Å². The van der Waals surface area contributed by atoms with E-state index < -0.39 is 0 Å². The summed E-state index contributed by atoms with van der Waals surface area (Å²) >= 11 is 1.83. The molecular formula is C17H25N3S. The number of thiophene rings is 1. The summed E-state index contributed by atoms with van der Waals surface area (Å²) < 4.78 is 0. The molecule has 2 unspecified atom stereocenters. The van der Waals surface area contributed by atoms with Crippen molar-refractivity contribution in [2.24, 2.45) is 5.92 Å². The molecule has 0 saturated heterocycles. The Kier molecular flexibility index (Phi) is 4.43. The Balaban J connectivity index is 2.02. The van der Waals surface area contributed by atoms with Crippen molar-refractivity contribution in [3.63, 3.8) is 0 Å². The number of aryl methyl sites for hydroxylation is 1. The molecule has 1 N–H and O–H groups in total.